The molecule has 2 fully saturated rings. The molecule has 0 radical (unpaired) electrons. The van der Waals surface area contributed by atoms with Gasteiger partial charge in [0.15, 0.2) is 0 Å². The highest BCUT2D eigenvalue weighted by Gasteiger charge is 2.52. The fourth-order valence-corrected chi connectivity index (χ4v) is 3.29. The number of halogens is 3. The second-order valence-electron chi connectivity index (χ2n) is 7.85. The van der Waals surface area contributed by atoms with Crippen LogP contribution in [0.1, 0.15) is 57.6 Å². The Bertz CT molecular complexity index is 621. The Morgan fingerprint density at radius 1 is 1.08 bits per heavy atom. The summed E-state index contributed by atoms with van der Waals surface area (Å²) < 4.78 is 57.7. The maximum absolute atomic E-state index is 13.5. The van der Waals surface area contributed by atoms with Gasteiger partial charge in [0.1, 0.15) is 0 Å². The average molecular weight is 356 g/mol. The quantitative estimate of drug-likeness (QED) is 0.753. The molecule has 0 N–H and O–H groups in total. The molecule has 1 aromatic carbocycles. The number of ether oxygens (including phenoxy) is 1. The summed E-state index contributed by atoms with van der Waals surface area (Å²) in [5.74, 6) is -0.257. The lowest BCUT2D eigenvalue weighted by Crippen LogP contribution is -2.41. The van der Waals surface area contributed by atoms with Crippen LogP contribution in [-0.4, -0.2) is 31.5 Å². The van der Waals surface area contributed by atoms with Crippen molar-refractivity contribution in [1.29, 1.82) is 0 Å². The summed E-state index contributed by atoms with van der Waals surface area (Å²) in [4.78, 5) is 0. The third-order valence-electron chi connectivity index (χ3n) is 5.51. The lowest BCUT2D eigenvalue weighted by Gasteiger charge is -2.32. The van der Waals surface area contributed by atoms with Gasteiger partial charge in [-0.2, -0.15) is 13.2 Å². The minimum Gasteiger partial charge on any atom is -0.399 e. The third kappa shape index (κ3) is 3.59. The van der Waals surface area contributed by atoms with Crippen LogP contribution in [0.3, 0.4) is 0 Å². The van der Waals surface area contributed by atoms with E-state index in [4.69, 9.17) is 14.0 Å². The Kier molecular flexibility index (Phi) is 4.71. The predicted octanol–water partition coefficient (Wildman–Crippen LogP) is 3.90. The van der Waals surface area contributed by atoms with E-state index in [1.165, 1.54) is 6.07 Å². The van der Waals surface area contributed by atoms with Crippen LogP contribution in [0.2, 0.25) is 0 Å². The summed E-state index contributed by atoms with van der Waals surface area (Å²) in [5.41, 5.74) is -0.766. The van der Waals surface area contributed by atoms with Crippen molar-refractivity contribution >= 4 is 12.6 Å². The van der Waals surface area contributed by atoms with Crippen molar-refractivity contribution in [3.8, 4) is 0 Å². The fourth-order valence-electron chi connectivity index (χ4n) is 3.29. The normalized spacial score (nSPS) is 26.0. The van der Waals surface area contributed by atoms with E-state index in [0.717, 1.165) is 12.5 Å². The molecular weight excluding hydrogens is 332 g/mol. The zero-order valence-corrected chi connectivity index (χ0v) is 15.1. The van der Waals surface area contributed by atoms with Crippen molar-refractivity contribution < 1.29 is 27.2 Å². The zero-order valence-electron chi connectivity index (χ0n) is 15.1. The van der Waals surface area contributed by atoms with Crippen molar-refractivity contribution in [3.05, 3.63) is 29.3 Å². The molecule has 1 aromatic rings. The van der Waals surface area contributed by atoms with Crippen molar-refractivity contribution in [3.63, 3.8) is 0 Å². The molecule has 0 spiro atoms. The van der Waals surface area contributed by atoms with Gasteiger partial charge in [0.2, 0.25) is 0 Å². The van der Waals surface area contributed by atoms with Gasteiger partial charge in [0.25, 0.3) is 0 Å². The number of benzene rings is 1. The molecule has 0 bridgehead atoms. The summed E-state index contributed by atoms with van der Waals surface area (Å²) >= 11 is 0. The molecule has 138 valence electrons. The van der Waals surface area contributed by atoms with E-state index in [-0.39, 0.29) is 11.5 Å². The molecule has 2 saturated heterocycles. The van der Waals surface area contributed by atoms with Gasteiger partial charge in [-0.1, -0.05) is 18.2 Å². The van der Waals surface area contributed by atoms with Crippen LogP contribution in [0.25, 0.3) is 0 Å². The molecule has 3 nitrogen and oxygen atoms in total. The first-order valence-corrected chi connectivity index (χ1v) is 8.66. The Balaban J connectivity index is 1.97. The van der Waals surface area contributed by atoms with Gasteiger partial charge < -0.3 is 14.0 Å². The standard InChI is InChI=1S/C18H24BF3O3/c1-16(2)17(3,4)25-19(24-16)13-7-8-15(18(20,21)22)14(10-13)12-6-5-9-23-11-12/h7-8,10,12H,5-6,9,11H2,1-4H3. The van der Waals surface area contributed by atoms with Crippen molar-refractivity contribution in [2.45, 2.75) is 63.8 Å². The highest BCUT2D eigenvalue weighted by Crippen LogP contribution is 2.39. The molecule has 0 saturated carbocycles. The van der Waals surface area contributed by atoms with Crippen LogP contribution in [0.15, 0.2) is 18.2 Å². The predicted molar refractivity (Wildman–Crippen MR) is 90.0 cm³/mol. The molecule has 7 heteroatoms. The van der Waals surface area contributed by atoms with Gasteiger partial charge in [-0.05, 0) is 51.6 Å². The molecule has 0 amide bonds. The van der Waals surface area contributed by atoms with Crippen molar-refractivity contribution in [1.82, 2.24) is 0 Å². The Morgan fingerprint density at radius 2 is 1.72 bits per heavy atom. The number of hydrogen-bond acceptors (Lipinski definition) is 3. The molecule has 2 aliphatic heterocycles. The van der Waals surface area contributed by atoms with Gasteiger partial charge in [-0.25, -0.2) is 0 Å². The maximum atomic E-state index is 13.5. The van der Waals surface area contributed by atoms with Gasteiger partial charge in [0, 0.05) is 12.5 Å². The van der Waals surface area contributed by atoms with Crippen LogP contribution in [0, 0.1) is 0 Å². The topological polar surface area (TPSA) is 27.7 Å². The molecule has 0 aromatic heterocycles. The first kappa shape index (κ1) is 18.7. The van der Waals surface area contributed by atoms with Crippen molar-refractivity contribution in [2.24, 2.45) is 0 Å². The van der Waals surface area contributed by atoms with E-state index >= 15 is 0 Å². The Labute approximate surface area is 147 Å². The minimum absolute atomic E-state index is 0.257. The first-order chi connectivity index (χ1) is 11.5. The van der Waals surface area contributed by atoms with Gasteiger partial charge >= 0.3 is 13.3 Å². The van der Waals surface area contributed by atoms with Crippen molar-refractivity contribution in [2.75, 3.05) is 13.2 Å². The number of alkyl halides is 3. The molecule has 2 heterocycles. The van der Waals surface area contributed by atoms with Gasteiger partial charge in [0.05, 0.1) is 23.4 Å². The van der Waals surface area contributed by atoms with Crippen LogP contribution < -0.4 is 5.46 Å². The lowest BCUT2D eigenvalue weighted by atomic mass is 9.75. The van der Waals surface area contributed by atoms with E-state index in [9.17, 15) is 13.2 Å². The second-order valence-corrected chi connectivity index (χ2v) is 7.85. The van der Waals surface area contributed by atoms with Gasteiger partial charge in [-0.15, -0.1) is 0 Å². The van der Waals surface area contributed by atoms with Gasteiger partial charge in [-0.3, -0.25) is 0 Å². The molecule has 2 aliphatic rings. The SMILES string of the molecule is CC1(C)OB(c2ccc(C(F)(F)F)c(C3CCCOC3)c2)OC1(C)C. The maximum Gasteiger partial charge on any atom is 0.494 e. The summed E-state index contributed by atoms with van der Waals surface area (Å²) in [6.45, 7) is 8.62. The molecule has 3 rings (SSSR count). The fraction of sp³-hybridized carbons (Fsp3) is 0.667. The smallest absolute Gasteiger partial charge is 0.399 e. The highest BCUT2D eigenvalue weighted by atomic mass is 19.4. The number of rotatable bonds is 2. The van der Waals surface area contributed by atoms with E-state index in [1.807, 2.05) is 27.7 Å². The van der Waals surface area contributed by atoms with Crippen LogP contribution >= 0.6 is 0 Å². The summed E-state index contributed by atoms with van der Waals surface area (Å²) in [5, 5.41) is 0. The Hall–Kier alpha value is -1.05. The average Bonchev–Trinajstić information content (AvgIpc) is 2.75. The molecule has 0 aliphatic carbocycles. The summed E-state index contributed by atoms with van der Waals surface area (Å²) in [6.07, 6.45) is -2.93. The molecule has 25 heavy (non-hydrogen) atoms. The number of hydrogen-bond donors (Lipinski definition) is 0. The first-order valence-electron chi connectivity index (χ1n) is 8.66. The molecular formula is C18H24BF3O3. The van der Waals surface area contributed by atoms with E-state index < -0.39 is 30.1 Å². The monoisotopic (exact) mass is 356 g/mol. The summed E-state index contributed by atoms with van der Waals surface area (Å²) in [7, 11) is -0.671. The molecule has 1 atom stereocenters. The second kappa shape index (κ2) is 6.29. The lowest BCUT2D eigenvalue weighted by molar-refractivity contribution is -0.138. The zero-order chi connectivity index (χ0) is 18.5. The summed E-state index contributed by atoms with van der Waals surface area (Å²) in [6, 6.07) is 4.19. The third-order valence-corrected chi connectivity index (χ3v) is 5.51. The molecule has 1 unspecified atom stereocenters. The Morgan fingerprint density at radius 3 is 2.24 bits per heavy atom. The van der Waals surface area contributed by atoms with E-state index in [1.54, 1.807) is 6.07 Å². The van der Waals surface area contributed by atoms with E-state index in [0.29, 0.717) is 25.1 Å². The largest absolute Gasteiger partial charge is 0.494 e. The van der Waals surface area contributed by atoms with E-state index in [2.05, 4.69) is 0 Å². The highest BCUT2D eigenvalue weighted by molar-refractivity contribution is 6.62. The van der Waals surface area contributed by atoms with Crippen LogP contribution in [0.4, 0.5) is 13.2 Å². The minimum atomic E-state index is -4.39. The van der Waals surface area contributed by atoms with Crippen LogP contribution in [0.5, 0.6) is 0 Å². The van der Waals surface area contributed by atoms with Crippen LogP contribution in [-0.2, 0) is 20.2 Å².